The quantitative estimate of drug-likeness (QED) is 0.0611. The van der Waals surface area contributed by atoms with E-state index in [0.29, 0.717) is 25.9 Å². The zero-order valence-corrected chi connectivity index (χ0v) is 30.1. The highest BCUT2D eigenvalue weighted by Crippen LogP contribution is 2.44. The number of hydrogen-bond donors (Lipinski definition) is 7. The normalized spacial score (nSPS) is 12.0. The zero-order valence-electron chi connectivity index (χ0n) is 30.1. The lowest BCUT2D eigenvalue weighted by molar-refractivity contribution is -0.143. The molecule has 0 spiro atoms. The van der Waals surface area contributed by atoms with Crippen molar-refractivity contribution in [3.05, 3.63) is 59.7 Å². The maximum atomic E-state index is 13.6. The van der Waals surface area contributed by atoms with Crippen LogP contribution in [0.1, 0.15) is 55.6 Å². The predicted octanol–water partition coefficient (Wildman–Crippen LogP) is 1.73. The number of alkyl carbamates (subject to hydrolysis) is 1. The van der Waals surface area contributed by atoms with E-state index in [9.17, 15) is 28.8 Å². The Balaban J connectivity index is 1.71. The van der Waals surface area contributed by atoms with E-state index < -0.39 is 49.4 Å². The van der Waals surface area contributed by atoms with Gasteiger partial charge in [0.1, 0.15) is 26.4 Å². The molecule has 2 aromatic carbocycles. The molecule has 0 fully saturated rings. The molecule has 296 valence electrons. The monoisotopic (exact) mass is 758 g/mol. The van der Waals surface area contributed by atoms with Crippen molar-refractivity contribution in [2.24, 2.45) is 0 Å². The van der Waals surface area contributed by atoms with E-state index in [2.05, 4.69) is 21.3 Å². The van der Waals surface area contributed by atoms with Gasteiger partial charge in [-0.05, 0) is 54.5 Å². The van der Waals surface area contributed by atoms with Crippen LogP contribution in [0.4, 0.5) is 4.79 Å². The van der Waals surface area contributed by atoms with Gasteiger partial charge in [0.05, 0.1) is 19.8 Å². The van der Waals surface area contributed by atoms with Crippen LogP contribution >= 0.6 is 0 Å². The van der Waals surface area contributed by atoms with Crippen LogP contribution in [0.5, 0.6) is 0 Å². The van der Waals surface area contributed by atoms with Crippen molar-refractivity contribution in [2.75, 3.05) is 72.4 Å². The van der Waals surface area contributed by atoms with Gasteiger partial charge in [0.15, 0.2) is 0 Å². The molecular formula is C37H50N4O13. The Morgan fingerprint density at radius 1 is 0.611 bits per heavy atom. The number of carboxylic acids is 3. The number of aliphatic carboxylic acids is 3. The van der Waals surface area contributed by atoms with Crippen molar-refractivity contribution in [1.29, 1.82) is 0 Å². The minimum absolute atomic E-state index is 0.0145. The van der Waals surface area contributed by atoms with Gasteiger partial charge < -0.3 is 55.5 Å². The van der Waals surface area contributed by atoms with Crippen LogP contribution in [0.3, 0.4) is 0 Å². The first-order valence-electron chi connectivity index (χ1n) is 17.8. The van der Waals surface area contributed by atoms with E-state index >= 15 is 0 Å². The number of hydrogen-bond acceptors (Lipinski definition) is 11. The minimum atomic E-state index is -1.13. The van der Waals surface area contributed by atoms with E-state index in [-0.39, 0.29) is 82.9 Å². The second-order valence-corrected chi connectivity index (χ2v) is 12.6. The fraction of sp³-hybridized carbons (Fsp3) is 0.514. The number of carbonyl (C=O) groups excluding carboxylic acids is 3. The van der Waals surface area contributed by atoms with Gasteiger partial charge in [-0.3, -0.25) is 9.59 Å². The lowest BCUT2D eigenvalue weighted by atomic mass is 9.83. The number of fused-ring (bicyclic) bond motifs is 3. The standard InChI is InChI=1S/C37H50N4O13/c42-31(39-17-20-52-24-34(46)47)10-13-37(12-5-15-38-16-19-51-23-33(44)45,14-11-32(43)40-18-21-53-25-35(48)49)41-36(50)54-22-30-28-8-3-1-6-26(28)27-7-2-4-9-29(27)30/h1-4,6-9,30,38H,5,10-25H2,(H,39,42)(H,40,43)(H,41,50)(H,44,45)(H,46,47)(H,48,49). The zero-order chi connectivity index (χ0) is 39.2. The first-order valence-corrected chi connectivity index (χ1v) is 17.8. The second-order valence-electron chi connectivity index (χ2n) is 12.6. The van der Waals surface area contributed by atoms with Crippen LogP contribution in [0.15, 0.2) is 48.5 Å². The van der Waals surface area contributed by atoms with Crippen LogP contribution in [-0.4, -0.2) is 129 Å². The molecule has 0 aromatic heterocycles. The summed E-state index contributed by atoms with van der Waals surface area (Å²) in [6.07, 6.45) is 0.220. The summed E-state index contributed by atoms with van der Waals surface area (Å²) in [5.74, 6) is -4.29. The number of rotatable bonds is 28. The highest BCUT2D eigenvalue weighted by molar-refractivity contribution is 5.80. The highest BCUT2D eigenvalue weighted by atomic mass is 16.5. The Kier molecular flexibility index (Phi) is 18.9. The van der Waals surface area contributed by atoms with Gasteiger partial charge in [-0.25, -0.2) is 19.2 Å². The molecule has 3 amide bonds. The summed E-state index contributed by atoms with van der Waals surface area (Å²) >= 11 is 0. The van der Waals surface area contributed by atoms with Crippen molar-refractivity contribution in [3.63, 3.8) is 0 Å². The van der Waals surface area contributed by atoms with Gasteiger partial charge in [0.25, 0.3) is 0 Å². The number of amides is 3. The van der Waals surface area contributed by atoms with E-state index in [1.807, 2.05) is 48.5 Å². The number of nitrogens with one attached hydrogen (secondary N) is 4. The summed E-state index contributed by atoms with van der Waals surface area (Å²) < 4.78 is 20.9. The fourth-order valence-corrected chi connectivity index (χ4v) is 6.12. The first kappa shape index (κ1) is 43.3. The third-order valence-electron chi connectivity index (χ3n) is 8.62. The Labute approximate surface area is 313 Å². The topological polar surface area (TPSA) is 248 Å². The minimum Gasteiger partial charge on any atom is -0.480 e. The summed E-state index contributed by atoms with van der Waals surface area (Å²) in [6, 6.07) is 15.8. The lowest BCUT2D eigenvalue weighted by Crippen LogP contribution is -2.50. The van der Waals surface area contributed by atoms with Crippen molar-refractivity contribution in [2.45, 2.75) is 50.0 Å². The summed E-state index contributed by atoms with van der Waals surface area (Å²) in [5, 5.41) is 37.8. The summed E-state index contributed by atoms with van der Waals surface area (Å²) in [4.78, 5) is 71.5. The average molecular weight is 759 g/mol. The SMILES string of the molecule is O=C(O)COCCNCCCC(CCC(=O)NCCOCC(=O)O)(CCC(=O)NCCOCC(=O)O)NC(=O)OCC1c2ccccc2-c2ccccc21. The summed E-state index contributed by atoms with van der Waals surface area (Å²) in [6.45, 7) is -0.284. The van der Waals surface area contributed by atoms with Gasteiger partial charge in [-0.2, -0.15) is 0 Å². The van der Waals surface area contributed by atoms with E-state index in [0.717, 1.165) is 22.3 Å². The molecule has 0 atom stereocenters. The number of carbonyl (C=O) groups is 6. The molecule has 0 unspecified atom stereocenters. The summed E-state index contributed by atoms with van der Waals surface area (Å²) in [5.41, 5.74) is 3.10. The molecule has 3 rings (SSSR count). The Hall–Kier alpha value is -5.10. The average Bonchev–Trinajstić information content (AvgIpc) is 3.46. The molecule has 0 aliphatic heterocycles. The fourth-order valence-electron chi connectivity index (χ4n) is 6.12. The van der Waals surface area contributed by atoms with Crippen LogP contribution in [0.2, 0.25) is 0 Å². The van der Waals surface area contributed by atoms with Gasteiger partial charge in [0, 0.05) is 43.9 Å². The van der Waals surface area contributed by atoms with Crippen LogP contribution in [-0.2, 0) is 42.9 Å². The lowest BCUT2D eigenvalue weighted by Gasteiger charge is -2.35. The predicted molar refractivity (Wildman–Crippen MR) is 193 cm³/mol. The third kappa shape index (κ3) is 15.9. The molecule has 2 aromatic rings. The smallest absolute Gasteiger partial charge is 0.407 e. The molecule has 0 saturated heterocycles. The molecular weight excluding hydrogens is 708 g/mol. The van der Waals surface area contributed by atoms with Gasteiger partial charge in [-0.1, -0.05) is 48.5 Å². The second kappa shape index (κ2) is 23.5. The molecule has 0 bridgehead atoms. The van der Waals surface area contributed by atoms with E-state index in [1.54, 1.807) is 0 Å². The molecule has 1 aliphatic rings. The maximum absolute atomic E-state index is 13.6. The van der Waals surface area contributed by atoms with Gasteiger partial charge in [-0.15, -0.1) is 0 Å². The molecule has 17 nitrogen and oxygen atoms in total. The van der Waals surface area contributed by atoms with Gasteiger partial charge >= 0.3 is 24.0 Å². The molecule has 0 heterocycles. The third-order valence-corrected chi connectivity index (χ3v) is 8.62. The van der Waals surface area contributed by atoms with E-state index in [4.69, 9.17) is 34.3 Å². The molecule has 17 heteroatoms. The Bertz CT molecular complexity index is 1470. The summed E-state index contributed by atoms with van der Waals surface area (Å²) in [7, 11) is 0. The molecule has 0 saturated carbocycles. The molecule has 7 N–H and O–H groups in total. The van der Waals surface area contributed by atoms with Crippen molar-refractivity contribution in [3.8, 4) is 11.1 Å². The number of ether oxygens (including phenoxy) is 4. The van der Waals surface area contributed by atoms with Crippen LogP contribution in [0.25, 0.3) is 11.1 Å². The Morgan fingerprint density at radius 3 is 1.56 bits per heavy atom. The first-order chi connectivity index (χ1) is 26.0. The van der Waals surface area contributed by atoms with Crippen molar-refractivity contribution >= 4 is 35.8 Å². The largest absolute Gasteiger partial charge is 0.480 e. The van der Waals surface area contributed by atoms with Crippen molar-refractivity contribution < 1.29 is 63.0 Å². The number of carboxylic acid groups (broad SMARTS) is 3. The van der Waals surface area contributed by atoms with Gasteiger partial charge in [0.2, 0.25) is 11.8 Å². The van der Waals surface area contributed by atoms with Crippen LogP contribution < -0.4 is 21.3 Å². The Morgan fingerprint density at radius 2 is 1.07 bits per heavy atom. The number of benzene rings is 2. The van der Waals surface area contributed by atoms with Crippen LogP contribution in [0, 0.1) is 0 Å². The highest BCUT2D eigenvalue weighted by Gasteiger charge is 2.35. The molecule has 1 aliphatic carbocycles. The van der Waals surface area contributed by atoms with E-state index in [1.165, 1.54) is 0 Å². The maximum Gasteiger partial charge on any atom is 0.407 e. The molecule has 0 radical (unpaired) electrons. The van der Waals surface area contributed by atoms with Crippen molar-refractivity contribution in [1.82, 2.24) is 21.3 Å². The molecule has 54 heavy (non-hydrogen) atoms.